The fourth-order valence-electron chi connectivity index (χ4n) is 1.78. The first kappa shape index (κ1) is 17.1. The predicted octanol–water partition coefficient (Wildman–Crippen LogP) is -0.517. The maximum Gasteiger partial charge on any atom is 0.327 e. The van der Waals surface area contributed by atoms with Crippen molar-refractivity contribution in [3.8, 4) is 0 Å². The van der Waals surface area contributed by atoms with E-state index in [1.54, 1.807) is 13.8 Å². The van der Waals surface area contributed by atoms with Crippen LogP contribution in [0, 0.1) is 0 Å². The average Bonchev–Trinajstić information content (AvgIpc) is 2.71. The lowest BCUT2D eigenvalue weighted by Gasteiger charge is -2.27. The normalized spacial score (nSPS) is 19.9. The number of nitrogens with zero attached hydrogens (tertiary/aromatic N) is 1. The lowest BCUT2D eigenvalue weighted by Crippen LogP contribution is -2.54. The second-order valence-electron chi connectivity index (χ2n) is 5.24. The van der Waals surface area contributed by atoms with Crippen LogP contribution in [0.5, 0.6) is 0 Å². The Morgan fingerprint density at radius 1 is 1.45 bits per heavy atom. The van der Waals surface area contributed by atoms with Gasteiger partial charge in [0.1, 0.15) is 6.04 Å². The molecule has 0 aliphatic carbocycles. The molecule has 2 amide bonds. The van der Waals surface area contributed by atoms with Gasteiger partial charge in [-0.3, -0.25) is 0 Å². The van der Waals surface area contributed by atoms with Gasteiger partial charge in [0.25, 0.3) is 0 Å². The van der Waals surface area contributed by atoms with Crippen molar-refractivity contribution in [3.05, 3.63) is 0 Å². The molecule has 1 aliphatic rings. The van der Waals surface area contributed by atoms with Gasteiger partial charge in [0.05, 0.1) is 12.1 Å². The number of hydrogen-bond donors (Lipinski definition) is 3. The molecule has 116 valence electrons. The zero-order chi connectivity index (χ0) is 15.6. The number of urea groups is 1. The highest BCUT2D eigenvalue weighted by atomic mass is 32.2. The number of amides is 2. The van der Waals surface area contributed by atoms with Crippen molar-refractivity contribution in [1.82, 2.24) is 14.9 Å². The van der Waals surface area contributed by atoms with E-state index in [0.717, 1.165) is 6.26 Å². The summed E-state index contributed by atoms with van der Waals surface area (Å²) in [7, 11) is -3.39. The molecule has 20 heavy (non-hydrogen) atoms. The maximum atomic E-state index is 11.9. The number of aliphatic carboxylic acids is 1. The van der Waals surface area contributed by atoms with Crippen LogP contribution in [-0.2, 0) is 14.8 Å². The van der Waals surface area contributed by atoms with Crippen LogP contribution in [-0.4, -0.2) is 66.4 Å². The summed E-state index contributed by atoms with van der Waals surface area (Å²) < 4.78 is 24.7. The SMILES string of the molecule is CC(C)(CNC(=O)N1CSCC1C(=O)O)NS(C)(=O)=O. The summed E-state index contributed by atoms with van der Waals surface area (Å²) in [5.41, 5.74) is -0.852. The average molecular weight is 325 g/mol. The summed E-state index contributed by atoms with van der Waals surface area (Å²) in [6.07, 6.45) is 1.04. The number of thioether (sulfide) groups is 1. The van der Waals surface area contributed by atoms with Crippen molar-refractivity contribution in [2.75, 3.05) is 24.4 Å². The molecule has 1 saturated heterocycles. The number of carbonyl (C=O) groups is 2. The Labute approximate surface area is 122 Å². The van der Waals surface area contributed by atoms with E-state index in [-0.39, 0.29) is 6.54 Å². The summed E-state index contributed by atoms with van der Waals surface area (Å²) in [5, 5.41) is 11.5. The van der Waals surface area contributed by atoms with Crippen molar-refractivity contribution in [2.45, 2.75) is 25.4 Å². The number of carboxylic acids is 1. The summed E-state index contributed by atoms with van der Waals surface area (Å²) in [6, 6.07) is -1.35. The lowest BCUT2D eigenvalue weighted by molar-refractivity contribution is -0.140. The zero-order valence-electron chi connectivity index (χ0n) is 11.5. The molecular formula is C10H19N3O5S2. The summed E-state index contributed by atoms with van der Waals surface area (Å²) in [5.74, 6) is -0.380. The van der Waals surface area contributed by atoms with Crippen LogP contribution in [0.3, 0.4) is 0 Å². The Balaban J connectivity index is 2.57. The number of rotatable bonds is 5. The van der Waals surface area contributed by atoms with Crippen LogP contribution < -0.4 is 10.0 Å². The molecule has 3 N–H and O–H groups in total. The maximum absolute atomic E-state index is 11.9. The highest BCUT2D eigenvalue weighted by Crippen LogP contribution is 2.20. The van der Waals surface area contributed by atoms with Gasteiger partial charge >= 0.3 is 12.0 Å². The molecule has 1 fully saturated rings. The van der Waals surface area contributed by atoms with E-state index in [0.29, 0.717) is 11.6 Å². The monoisotopic (exact) mass is 325 g/mol. The Hall–Kier alpha value is -1.00. The van der Waals surface area contributed by atoms with E-state index in [4.69, 9.17) is 5.11 Å². The molecule has 1 atom stereocenters. The molecule has 1 rings (SSSR count). The minimum Gasteiger partial charge on any atom is -0.480 e. The summed E-state index contributed by atoms with van der Waals surface area (Å²) >= 11 is 1.36. The van der Waals surface area contributed by atoms with Crippen molar-refractivity contribution in [1.29, 1.82) is 0 Å². The third-order valence-corrected chi connectivity index (χ3v) is 4.51. The van der Waals surface area contributed by atoms with Gasteiger partial charge in [-0.2, -0.15) is 0 Å². The number of hydrogen-bond acceptors (Lipinski definition) is 5. The van der Waals surface area contributed by atoms with Crippen LogP contribution in [0.4, 0.5) is 4.79 Å². The first-order chi connectivity index (χ1) is 9.02. The van der Waals surface area contributed by atoms with Crippen LogP contribution in [0.2, 0.25) is 0 Å². The second-order valence-corrected chi connectivity index (χ2v) is 7.99. The van der Waals surface area contributed by atoms with E-state index >= 15 is 0 Å². The van der Waals surface area contributed by atoms with Gasteiger partial charge in [0.2, 0.25) is 10.0 Å². The van der Waals surface area contributed by atoms with Gasteiger partial charge in [0, 0.05) is 17.8 Å². The molecular weight excluding hydrogens is 306 g/mol. The Kier molecular flexibility index (Phi) is 5.27. The Morgan fingerprint density at radius 3 is 2.55 bits per heavy atom. The topological polar surface area (TPSA) is 116 Å². The molecule has 0 aromatic rings. The molecule has 0 aromatic heterocycles. The highest BCUT2D eigenvalue weighted by molar-refractivity contribution is 7.99. The molecule has 0 bridgehead atoms. The minimum atomic E-state index is -3.39. The highest BCUT2D eigenvalue weighted by Gasteiger charge is 2.35. The first-order valence-corrected chi connectivity index (χ1v) is 8.90. The number of nitrogens with one attached hydrogen (secondary N) is 2. The quantitative estimate of drug-likeness (QED) is 0.626. The molecule has 1 aliphatic heterocycles. The number of carboxylic acid groups (broad SMARTS) is 1. The zero-order valence-corrected chi connectivity index (χ0v) is 13.2. The first-order valence-electron chi connectivity index (χ1n) is 5.86. The third kappa shape index (κ3) is 5.17. The third-order valence-electron chi connectivity index (χ3n) is 2.57. The Bertz CT molecular complexity index is 491. The molecule has 1 heterocycles. The van der Waals surface area contributed by atoms with E-state index in [2.05, 4.69) is 10.0 Å². The second kappa shape index (κ2) is 6.19. The van der Waals surface area contributed by atoms with Crippen LogP contribution in [0.25, 0.3) is 0 Å². The molecule has 1 unspecified atom stereocenters. The largest absolute Gasteiger partial charge is 0.480 e. The standard InChI is InChI=1S/C10H19N3O5S2/c1-10(2,12-20(3,17)18)5-11-9(16)13-6-19-4-7(13)8(14)15/h7,12H,4-6H2,1-3H3,(H,11,16)(H,14,15). The van der Waals surface area contributed by atoms with Gasteiger partial charge in [-0.1, -0.05) is 0 Å². The van der Waals surface area contributed by atoms with E-state index in [9.17, 15) is 18.0 Å². The smallest absolute Gasteiger partial charge is 0.327 e. The van der Waals surface area contributed by atoms with E-state index < -0.39 is 33.6 Å². The van der Waals surface area contributed by atoms with E-state index in [1.807, 2.05) is 0 Å². The van der Waals surface area contributed by atoms with Crippen LogP contribution in [0.15, 0.2) is 0 Å². The van der Waals surface area contributed by atoms with Gasteiger partial charge in [-0.15, -0.1) is 11.8 Å². The molecule has 0 spiro atoms. The Morgan fingerprint density at radius 2 is 2.05 bits per heavy atom. The van der Waals surface area contributed by atoms with Gasteiger partial charge in [-0.25, -0.2) is 22.7 Å². The van der Waals surface area contributed by atoms with Crippen molar-refractivity contribution >= 4 is 33.8 Å². The molecule has 0 radical (unpaired) electrons. The minimum absolute atomic E-state index is 0.0619. The molecule has 0 aromatic carbocycles. The van der Waals surface area contributed by atoms with Gasteiger partial charge in [-0.05, 0) is 13.8 Å². The molecule has 8 nitrogen and oxygen atoms in total. The number of carbonyl (C=O) groups excluding carboxylic acids is 1. The molecule has 0 saturated carbocycles. The van der Waals surface area contributed by atoms with Gasteiger partial charge in [0.15, 0.2) is 0 Å². The lowest BCUT2D eigenvalue weighted by atomic mass is 10.1. The van der Waals surface area contributed by atoms with Crippen molar-refractivity contribution in [3.63, 3.8) is 0 Å². The van der Waals surface area contributed by atoms with Crippen molar-refractivity contribution in [2.24, 2.45) is 0 Å². The fraction of sp³-hybridized carbons (Fsp3) is 0.800. The molecule has 10 heteroatoms. The van der Waals surface area contributed by atoms with Crippen LogP contribution in [0.1, 0.15) is 13.8 Å². The fourth-order valence-corrected chi connectivity index (χ4v) is 4.00. The summed E-state index contributed by atoms with van der Waals surface area (Å²) in [6.45, 7) is 3.32. The van der Waals surface area contributed by atoms with E-state index in [1.165, 1.54) is 16.7 Å². The summed E-state index contributed by atoms with van der Waals surface area (Å²) in [4.78, 5) is 24.1. The van der Waals surface area contributed by atoms with Gasteiger partial charge < -0.3 is 15.3 Å². The van der Waals surface area contributed by atoms with Crippen LogP contribution >= 0.6 is 11.8 Å². The predicted molar refractivity (Wildman–Crippen MR) is 76.0 cm³/mol. The number of sulfonamides is 1. The van der Waals surface area contributed by atoms with Crippen molar-refractivity contribution < 1.29 is 23.1 Å².